The Bertz CT molecular complexity index is 1170. The Hall–Kier alpha value is -3.95. The summed E-state index contributed by atoms with van der Waals surface area (Å²) in [6.45, 7) is 1.45. The summed E-state index contributed by atoms with van der Waals surface area (Å²) in [5, 5.41) is 9.04. The van der Waals surface area contributed by atoms with E-state index in [-0.39, 0.29) is 41.6 Å². The Balaban J connectivity index is 1.36. The van der Waals surface area contributed by atoms with Gasteiger partial charge in [0.15, 0.2) is 0 Å². The molecule has 1 atom stereocenters. The number of nitrogens with one attached hydrogen (secondary N) is 2. The molecule has 0 aromatic heterocycles. The maximum Gasteiger partial charge on any atom is 0.341 e. The predicted octanol–water partition coefficient (Wildman–Crippen LogP) is 0.628. The van der Waals surface area contributed by atoms with Crippen molar-refractivity contribution >= 4 is 17.8 Å². The van der Waals surface area contributed by atoms with Crippen LogP contribution >= 0.6 is 0 Å². The molecule has 1 unspecified atom stereocenters. The number of hydrogen-bond acceptors (Lipinski definition) is 6. The Morgan fingerprint density at radius 3 is 2.75 bits per heavy atom. The van der Waals surface area contributed by atoms with Crippen LogP contribution in [-0.4, -0.2) is 57.6 Å². The molecule has 166 valence electrons. The van der Waals surface area contributed by atoms with Crippen LogP contribution in [0.3, 0.4) is 0 Å². The van der Waals surface area contributed by atoms with Crippen LogP contribution in [0.4, 0.5) is 0 Å². The molecule has 0 radical (unpaired) electrons. The summed E-state index contributed by atoms with van der Waals surface area (Å²) < 4.78 is 6.40. The van der Waals surface area contributed by atoms with Gasteiger partial charge in [-0.25, -0.2) is 9.89 Å². The van der Waals surface area contributed by atoms with Crippen LogP contribution in [0.1, 0.15) is 22.3 Å². The summed E-state index contributed by atoms with van der Waals surface area (Å²) >= 11 is 0. The zero-order chi connectivity index (χ0) is 22.7. The number of methoxy groups -OCH3 is 1. The number of aromatic amines is 1. The second-order valence-corrected chi connectivity index (χ2v) is 7.67. The van der Waals surface area contributed by atoms with Crippen molar-refractivity contribution in [2.75, 3.05) is 20.2 Å². The third-order valence-corrected chi connectivity index (χ3v) is 5.49. The average molecular weight is 437 g/mol. The van der Waals surface area contributed by atoms with Crippen molar-refractivity contribution in [2.24, 2.45) is 5.92 Å². The minimum atomic E-state index is -0.608. The average Bonchev–Trinajstić information content (AvgIpc) is 3.36. The maximum absolute atomic E-state index is 12.6. The van der Waals surface area contributed by atoms with E-state index < -0.39 is 17.4 Å². The summed E-state index contributed by atoms with van der Waals surface area (Å²) in [5.41, 5.74) is 1.27. The molecule has 1 aromatic rings. The molecular weight excluding hydrogens is 414 g/mol. The van der Waals surface area contributed by atoms with Crippen molar-refractivity contribution < 1.29 is 19.1 Å². The number of ether oxygens (including phenoxy) is 1. The highest BCUT2D eigenvalue weighted by molar-refractivity contribution is 5.96. The largest absolute Gasteiger partial charge is 0.465 e. The Morgan fingerprint density at radius 2 is 2.00 bits per heavy atom. The maximum atomic E-state index is 12.6. The summed E-state index contributed by atoms with van der Waals surface area (Å²) in [6, 6.07) is 9.65. The van der Waals surface area contributed by atoms with Crippen LogP contribution in [0.15, 0.2) is 47.5 Å². The van der Waals surface area contributed by atoms with Gasteiger partial charge < -0.3 is 19.5 Å². The molecule has 2 amide bonds. The molecule has 3 aliphatic heterocycles. The first kappa shape index (κ1) is 21.3. The van der Waals surface area contributed by atoms with Crippen LogP contribution in [0.2, 0.25) is 0 Å². The highest BCUT2D eigenvalue weighted by Crippen LogP contribution is 2.21. The first-order valence-corrected chi connectivity index (χ1v) is 10.2. The first-order valence-electron chi connectivity index (χ1n) is 10.2. The van der Waals surface area contributed by atoms with Crippen molar-refractivity contribution in [2.45, 2.75) is 19.5 Å². The smallest absolute Gasteiger partial charge is 0.341 e. The highest BCUT2D eigenvalue weighted by atomic mass is 16.5. The molecule has 0 spiro atoms. The van der Waals surface area contributed by atoms with Gasteiger partial charge >= 0.3 is 5.97 Å². The highest BCUT2D eigenvalue weighted by Gasteiger charge is 2.34. The van der Waals surface area contributed by atoms with Gasteiger partial charge in [0.1, 0.15) is 11.3 Å². The van der Waals surface area contributed by atoms with E-state index in [1.165, 1.54) is 13.3 Å². The molecule has 4 rings (SSSR count). The summed E-state index contributed by atoms with van der Waals surface area (Å²) in [5.74, 6) is -1.26. The summed E-state index contributed by atoms with van der Waals surface area (Å²) in [4.78, 5) is 50.6. The molecule has 1 saturated heterocycles. The number of hydrogen-bond donors (Lipinski definition) is 2. The lowest BCUT2D eigenvalue weighted by molar-refractivity contribution is -0.129. The molecule has 3 heterocycles. The van der Waals surface area contributed by atoms with Gasteiger partial charge in [0.25, 0.3) is 5.56 Å². The zero-order valence-corrected chi connectivity index (χ0v) is 17.5. The number of rotatable bonds is 7. The van der Waals surface area contributed by atoms with Crippen LogP contribution in [-0.2, 0) is 27.4 Å². The molecule has 1 aromatic carbocycles. The molecule has 1 fully saturated rings. The second kappa shape index (κ2) is 9.04. The summed E-state index contributed by atoms with van der Waals surface area (Å²) in [6.07, 6.45) is 3.28. The van der Waals surface area contributed by atoms with Gasteiger partial charge in [-0.15, -0.1) is 0 Å². The van der Waals surface area contributed by atoms with Gasteiger partial charge in [-0.1, -0.05) is 30.3 Å². The van der Waals surface area contributed by atoms with Crippen molar-refractivity contribution in [1.82, 2.24) is 25.0 Å². The van der Waals surface area contributed by atoms with Gasteiger partial charge in [0.05, 0.1) is 18.6 Å². The van der Waals surface area contributed by atoms with E-state index in [2.05, 4.69) is 15.5 Å². The monoisotopic (exact) mass is 437 g/mol. The SMILES string of the molecule is COC(=O)c1cn(CCNC(=O)C2CC(=O)N(Cc3ccccc3)C2)cc2c(=O)[nH]nc1-2. The molecule has 10 heteroatoms. The molecule has 10 nitrogen and oxygen atoms in total. The number of benzene rings is 1. The number of pyridine rings is 1. The number of carbonyl (C=O) groups excluding carboxylic acids is 3. The number of aromatic nitrogens is 3. The van der Waals surface area contributed by atoms with Gasteiger partial charge in [-0.3, -0.25) is 14.4 Å². The minimum Gasteiger partial charge on any atom is -0.465 e. The fourth-order valence-electron chi connectivity index (χ4n) is 3.84. The predicted molar refractivity (Wildman–Crippen MR) is 114 cm³/mol. The lowest BCUT2D eigenvalue weighted by atomic mass is 10.1. The van der Waals surface area contributed by atoms with E-state index in [0.717, 1.165) is 5.56 Å². The lowest BCUT2D eigenvalue weighted by Gasteiger charge is -2.17. The molecule has 2 N–H and O–H groups in total. The van der Waals surface area contributed by atoms with E-state index in [1.807, 2.05) is 30.3 Å². The number of likely N-dealkylation sites (tertiary alicyclic amines) is 1. The van der Waals surface area contributed by atoms with Gasteiger partial charge in [-0.2, -0.15) is 5.10 Å². The van der Waals surface area contributed by atoms with Crippen molar-refractivity contribution in [3.8, 4) is 11.3 Å². The standard InChI is InChI=1S/C22H23N5O5/c1-32-22(31)17-13-26(12-16-19(17)24-25-21(16)30)8-7-23-20(29)15-9-18(28)27(11-15)10-14-5-3-2-4-6-14/h2-6,12-13,15H,7-11H2,1H3,(H,23,29)(H,25,30). The van der Waals surface area contributed by atoms with Crippen LogP contribution in [0.5, 0.6) is 0 Å². The number of carbonyl (C=O) groups is 3. The van der Waals surface area contributed by atoms with Gasteiger partial charge in [-0.05, 0) is 5.56 Å². The number of nitrogens with zero attached hydrogens (tertiary/aromatic N) is 3. The topological polar surface area (TPSA) is 126 Å². The number of esters is 1. The Kier molecular flexibility index (Phi) is 6.02. The molecular formula is C22H23N5O5. The number of amides is 2. The Morgan fingerprint density at radius 1 is 1.22 bits per heavy atom. The molecule has 0 aliphatic carbocycles. The minimum absolute atomic E-state index is 0.0421. The fraction of sp³-hybridized carbons (Fsp3) is 0.318. The van der Waals surface area contributed by atoms with Crippen LogP contribution in [0.25, 0.3) is 11.3 Å². The zero-order valence-electron chi connectivity index (χ0n) is 17.5. The van der Waals surface area contributed by atoms with Gasteiger partial charge in [0, 0.05) is 45.0 Å². The number of fused-ring (bicyclic) bond motifs is 1. The first-order chi connectivity index (χ1) is 15.5. The van der Waals surface area contributed by atoms with Crippen LogP contribution < -0.4 is 10.9 Å². The number of H-pyrrole nitrogens is 1. The molecule has 0 bridgehead atoms. The Labute approximate surface area is 183 Å². The van der Waals surface area contributed by atoms with Crippen LogP contribution in [0, 0.1) is 5.92 Å². The van der Waals surface area contributed by atoms with E-state index in [4.69, 9.17) is 4.74 Å². The quantitative estimate of drug-likeness (QED) is 0.522. The fourth-order valence-corrected chi connectivity index (χ4v) is 3.84. The van der Waals surface area contributed by atoms with E-state index in [0.29, 0.717) is 19.6 Å². The molecule has 32 heavy (non-hydrogen) atoms. The van der Waals surface area contributed by atoms with Crippen molar-refractivity contribution in [3.63, 3.8) is 0 Å². The van der Waals surface area contributed by atoms with E-state index >= 15 is 0 Å². The van der Waals surface area contributed by atoms with E-state index in [1.54, 1.807) is 15.7 Å². The van der Waals surface area contributed by atoms with Gasteiger partial charge in [0.2, 0.25) is 11.8 Å². The third-order valence-electron chi connectivity index (χ3n) is 5.49. The van der Waals surface area contributed by atoms with E-state index in [9.17, 15) is 19.2 Å². The van der Waals surface area contributed by atoms with Crippen molar-refractivity contribution in [3.05, 3.63) is 64.2 Å². The molecule has 3 aliphatic rings. The molecule has 0 saturated carbocycles. The van der Waals surface area contributed by atoms with Crippen molar-refractivity contribution in [1.29, 1.82) is 0 Å². The second-order valence-electron chi connectivity index (χ2n) is 7.67. The normalized spacial score (nSPS) is 15.8. The summed E-state index contributed by atoms with van der Waals surface area (Å²) in [7, 11) is 1.25. The third kappa shape index (κ3) is 4.39. The lowest BCUT2D eigenvalue weighted by Crippen LogP contribution is -2.34.